The molecular weight excluding hydrogens is 212 g/mol. The molecule has 92 valence electrons. The molecule has 0 unspecified atom stereocenters. The number of likely N-dealkylation sites (tertiary alicyclic amines) is 1. The molecule has 0 radical (unpaired) electrons. The van der Waals surface area contributed by atoms with Crippen molar-refractivity contribution < 1.29 is 19.8 Å². The Labute approximate surface area is 94.2 Å². The predicted molar refractivity (Wildman–Crippen MR) is 56.9 cm³/mol. The van der Waals surface area contributed by atoms with Gasteiger partial charge >= 0.3 is 5.97 Å². The molecule has 1 heterocycles. The van der Waals surface area contributed by atoms with Crippen molar-refractivity contribution in [3.05, 3.63) is 0 Å². The smallest absolute Gasteiger partial charge is 0.334 e. The molecular formula is C10H18N2O4. The van der Waals surface area contributed by atoms with Crippen molar-refractivity contribution in [2.24, 2.45) is 0 Å². The molecule has 0 aliphatic carbocycles. The fraction of sp³-hybridized carbons (Fsp3) is 0.800. The number of carboxylic acid groups (broad SMARTS) is 1. The van der Waals surface area contributed by atoms with Crippen LogP contribution in [-0.4, -0.2) is 59.3 Å². The number of carbonyl (C=O) groups excluding carboxylic acids is 1. The van der Waals surface area contributed by atoms with Gasteiger partial charge in [0.25, 0.3) is 0 Å². The highest BCUT2D eigenvalue weighted by Crippen LogP contribution is 2.07. The highest BCUT2D eigenvalue weighted by molar-refractivity contribution is 5.78. The minimum Gasteiger partial charge on any atom is -0.479 e. The highest BCUT2D eigenvalue weighted by Gasteiger charge is 2.15. The summed E-state index contributed by atoms with van der Waals surface area (Å²) in [6.07, 6.45) is 1.20. The molecule has 0 aromatic rings. The van der Waals surface area contributed by atoms with Crippen LogP contribution in [0.3, 0.4) is 0 Å². The first-order chi connectivity index (χ1) is 7.59. The number of carbonyl (C=O) groups is 2. The fourth-order valence-corrected chi connectivity index (χ4v) is 1.65. The lowest BCUT2D eigenvalue weighted by molar-refractivity contribution is -0.146. The number of aliphatic hydroxyl groups excluding tert-OH is 1. The molecule has 1 fully saturated rings. The quantitative estimate of drug-likeness (QED) is 0.546. The maximum Gasteiger partial charge on any atom is 0.334 e. The van der Waals surface area contributed by atoms with Crippen LogP contribution in [0.2, 0.25) is 0 Å². The number of hydrogen-bond acceptors (Lipinski definition) is 4. The van der Waals surface area contributed by atoms with Gasteiger partial charge in [-0.1, -0.05) is 0 Å². The average molecular weight is 230 g/mol. The number of aliphatic hydroxyl groups is 1. The van der Waals surface area contributed by atoms with E-state index in [9.17, 15) is 9.59 Å². The Hall–Kier alpha value is -1.14. The Morgan fingerprint density at radius 3 is 2.50 bits per heavy atom. The van der Waals surface area contributed by atoms with Crippen LogP contribution < -0.4 is 5.32 Å². The number of hydrogen-bond donors (Lipinski definition) is 3. The largest absolute Gasteiger partial charge is 0.479 e. The second kappa shape index (κ2) is 6.44. The Morgan fingerprint density at radius 2 is 1.94 bits per heavy atom. The fourth-order valence-electron chi connectivity index (χ4n) is 1.65. The van der Waals surface area contributed by atoms with Crippen LogP contribution in [0.25, 0.3) is 0 Å². The van der Waals surface area contributed by atoms with Gasteiger partial charge in [-0.3, -0.25) is 4.79 Å². The molecule has 0 aromatic heterocycles. The van der Waals surface area contributed by atoms with E-state index in [1.165, 1.54) is 12.8 Å². The van der Waals surface area contributed by atoms with Gasteiger partial charge in [0.2, 0.25) is 5.91 Å². The normalized spacial score (nSPS) is 18.3. The van der Waals surface area contributed by atoms with Crippen LogP contribution in [0.1, 0.15) is 19.3 Å². The number of nitrogens with zero attached hydrogens (tertiary/aromatic N) is 1. The molecule has 0 aromatic carbocycles. The molecule has 3 N–H and O–H groups in total. The van der Waals surface area contributed by atoms with Crippen molar-refractivity contribution in [2.75, 3.05) is 26.2 Å². The third kappa shape index (κ3) is 4.59. The van der Waals surface area contributed by atoms with Crippen molar-refractivity contribution in [1.29, 1.82) is 0 Å². The second-order valence-electron chi connectivity index (χ2n) is 3.96. The average Bonchev–Trinajstić information content (AvgIpc) is 2.75. The van der Waals surface area contributed by atoms with Crippen molar-refractivity contribution in [1.82, 2.24) is 10.2 Å². The van der Waals surface area contributed by atoms with E-state index in [2.05, 4.69) is 10.2 Å². The minimum absolute atomic E-state index is 0.216. The van der Waals surface area contributed by atoms with E-state index in [0.29, 0.717) is 13.0 Å². The predicted octanol–water partition coefficient (Wildman–Crippen LogP) is -0.966. The van der Waals surface area contributed by atoms with Crippen molar-refractivity contribution in [3.8, 4) is 0 Å². The minimum atomic E-state index is -1.52. The van der Waals surface area contributed by atoms with Crippen LogP contribution in [0.5, 0.6) is 0 Å². The molecule has 1 aliphatic heterocycles. The van der Waals surface area contributed by atoms with E-state index >= 15 is 0 Å². The monoisotopic (exact) mass is 230 g/mol. The van der Waals surface area contributed by atoms with Gasteiger partial charge in [0.05, 0.1) is 6.54 Å². The van der Waals surface area contributed by atoms with Gasteiger partial charge in [0, 0.05) is 13.0 Å². The van der Waals surface area contributed by atoms with Gasteiger partial charge in [-0.05, 0) is 25.9 Å². The summed E-state index contributed by atoms with van der Waals surface area (Å²) in [6.45, 7) is 2.54. The third-order valence-corrected chi connectivity index (χ3v) is 2.63. The van der Waals surface area contributed by atoms with E-state index in [4.69, 9.17) is 10.2 Å². The molecule has 1 saturated heterocycles. The highest BCUT2D eigenvalue weighted by atomic mass is 16.4. The first-order valence-electron chi connectivity index (χ1n) is 5.49. The maximum atomic E-state index is 11.3. The Morgan fingerprint density at radius 1 is 1.31 bits per heavy atom. The first kappa shape index (κ1) is 12.9. The molecule has 6 heteroatoms. The Bertz CT molecular complexity index is 251. The molecule has 1 atom stereocenters. The standard InChI is InChI=1S/C10H18N2O4/c13-8(10(15)16)7-11-9(14)3-6-12-4-1-2-5-12/h8,13H,1-7H2,(H,11,14)(H,15,16)/t8-/m0/s1. The second-order valence-corrected chi connectivity index (χ2v) is 3.96. The summed E-state index contributed by atoms with van der Waals surface area (Å²) < 4.78 is 0. The van der Waals surface area contributed by atoms with Crippen LogP contribution in [0.4, 0.5) is 0 Å². The van der Waals surface area contributed by atoms with E-state index < -0.39 is 12.1 Å². The van der Waals surface area contributed by atoms with Crippen LogP contribution in [-0.2, 0) is 9.59 Å². The Balaban J connectivity index is 2.08. The summed E-state index contributed by atoms with van der Waals surface area (Å²) >= 11 is 0. The number of carboxylic acids is 1. The lowest BCUT2D eigenvalue weighted by Crippen LogP contribution is -2.37. The summed E-state index contributed by atoms with van der Waals surface area (Å²) in [6, 6.07) is 0. The van der Waals surface area contributed by atoms with Crippen molar-refractivity contribution in [3.63, 3.8) is 0 Å². The molecule has 6 nitrogen and oxygen atoms in total. The number of amides is 1. The zero-order valence-electron chi connectivity index (χ0n) is 9.19. The van der Waals surface area contributed by atoms with Gasteiger partial charge in [0.1, 0.15) is 0 Å². The van der Waals surface area contributed by atoms with Crippen molar-refractivity contribution in [2.45, 2.75) is 25.4 Å². The first-order valence-corrected chi connectivity index (χ1v) is 5.49. The summed E-state index contributed by atoms with van der Waals surface area (Å²) in [5, 5.41) is 19.7. The topological polar surface area (TPSA) is 89.9 Å². The van der Waals surface area contributed by atoms with Gasteiger partial charge < -0.3 is 20.4 Å². The lowest BCUT2D eigenvalue weighted by atomic mass is 10.3. The number of rotatable bonds is 6. The third-order valence-electron chi connectivity index (χ3n) is 2.63. The zero-order valence-corrected chi connectivity index (χ0v) is 9.19. The summed E-state index contributed by atoms with van der Waals surface area (Å²) in [5.41, 5.74) is 0. The molecule has 16 heavy (non-hydrogen) atoms. The van der Waals surface area contributed by atoms with Gasteiger partial charge in [-0.2, -0.15) is 0 Å². The van der Waals surface area contributed by atoms with Crippen molar-refractivity contribution >= 4 is 11.9 Å². The zero-order chi connectivity index (χ0) is 12.0. The maximum absolute atomic E-state index is 11.3. The molecule has 1 rings (SSSR count). The van der Waals surface area contributed by atoms with Gasteiger partial charge in [-0.25, -0.2) is 4.79 Å². The van der Waals surface area contributed by atoms with Crippen LogP contribution in [0.15, 0.2) is 0 Å². The molecule has 0 spiro atoms. The van der Waals surface area contributed by atoms with E-state index in [-0.39, 0.29) is 12.5 Å². The SMILES string of the molecule is O=C(CCN1CCCC1)NC[C@H](O)C(=O)O. The van der Waals surface area contributed by atoms with E-state index in [1.54, 1.807) is 0 Å². The molecule has 1 aliphatic rings. The Kier molecular flexibility index (Phi) is 5.21. The van der Waals surface area contributed by atoms with Crippen LogP contribution in [0, 0.1) is 0 Å². The van der Waals surface area contributed by atoms with E-state index in [1.807, 2.05) is 0 Å². The number of nitrogens with one attached hydrogen (secondary N) is 1. The number of aliphatic carboxylic acids is 1. The summed E-state index contributed by atoms with van der Waals surface area (Å²) in [5.74, 6) is -1.54. The summed E-state index contributed by atoms with van der Waals surface area (Å²) in [7, 11) is 0. The molecule has 0 bridgehead atoms. The summed E-state index contributed by atoms with van der Waals surface area (Å²) in [4.78, 5) is 23.8. The molecule has 0 saturated carbocycles. The molecule has 1 amide bonds. The van der Waals surface area contributed by atoms with Gasteiger partial charge in [-0.15, -0.1) is 0 Å². The van der Waals surface area contributed by atoms with Crippen LogP contribution >= 0.6 is 0 Å². The van der Waals surface area contributed by atoms with Gasteiger partial charge in [0.15, 0.2) is 6.10 Å². The van der Waals surface area contributed by atoms with E-state index in [0.717, 1.165) is 13.1 Å². The lowest BCUT2D eigenvalue weighted by Gasteiger charge is -2.14.